The van der Waals surface area contributed by atoms with E-state index in [1.807, 2.05) is 12.1 Å². The normalized spacial score (nSPS) is 32.9. The van der Waals surface area contributed by atoms with Crippen LogP contribution in [-0.4, -0.2) is 21.0 Å². The maximum atomic E-state index is 10.00. The summed E-state index contributed by atoms with van der Waals surface area (Å²) >= 11 is 0. The molecule has 2 rings (SSSR count). The zero-order chi connectivity index (χ0) is 10.0. The lowest BCUT2D eigenvalue weighted by molar-refractivity contribution is -0.0127. The average Bonchev–Trinajstić information content (AvgIpc) is 2.18. The molecule has 1 heterocycles. The van der Waals surface area contributed by atoms with Crippen molar-refractivity contribution >= 4 is 0 Å². The topological polar surface area (TPSA) is 72.0 Å². The van der Waals surface area contributed by atoms with Gasteiger partial charge in [0, 0.05) is 12.1 Å². The standard InChI is InChI=1S/C10H15N3O/c11-10(14)6-2-1-4-8(10)9-5-3-7-12-13-9/h3,5,7-8,14H,1-2,4,6,11H2. The highest BCUT2D eigenvalue weighted by atomic mass is 16.3. The minimum absolute atomic E-state index is 0.0649. The van der Waals surface area contributed by atoms with Crippen LogP contribution < -0.4 is 5.73 Å². The molecule has 76 valence electrons. The van der Waals surface area contributed by atoms with Crippen molar-refractivity contribution in [2.45, 2.75) is 37.3 Å². The monoisotopic (exact) mass is 193 g/mol. The molecule has 1 aromatic heterocycles. The summed E-state index contributed by atoms with van der Waals surface area (Å²) in [6.07, 6.45) is 5.26. The van der Waals surface area contributed by atoms with Crippen molar-refractivity contribution in [3.05, 3.63) is 24.0 Å². The van der Waals surface area contributed by atoms with Gasteiger partial charge in [-0.15, -0.1) is 0 Å². The Morgan fingerprint density at radius 2 is 2.36 bits per heavy atom. The Balaban J connectivity index is 2.24. The van der Waals surface area contributed by atoms with E-state index < -0.39 is 5.72 Å². The fourth-order valence-corrected chi connectivity index (χ4v) is 2.08. The van der Waals surface area contributed by atoms with Gasteiger partial charge >= 0.3 is 0 Å². The van der Waals surface area contributed by atoms with Crippen molar-refractivity contribution in [1.82, 2.24) is 10.2 Å². The van der Waals surface area contributed by atoms with Crippen LogP contribution in [0.2, 0.25) is 0 Å². The summed E-state index contributed by atoms with van der Waals surface area (Å²) in [4.78, 5) is 0. The second-order valence-corrected chi connectivity index (χ2v) is 3.94. The van der Waals surface area contributed by atoms with Crippen LogP contribution in [0.3, 0.4) is 0 Å². The van der Waals surface area contributed by atoms with Crippen LogP contribution in [0.15, 0.2) is 18.3 Å². The number of aromatic nitrogens is 2. The lowest BCUT2D eigenvalue weighted by atomic mass is 9.80. The Bertz CT molecular complexity index is 299. The van der Waals surface area contributed by atoms with Crippen LogP contribution in [0, 0.1) is 0 Å². The van der Waals surface area contributed by atoms with E-state index in [-0.39, 0.29) is 5.92 Å². The molecule has 2 atom stereocenters. The first-order valence-electron chi connectivity index (χ1n) is 4.99. The lowest BCUT2D eigenvalue weighted by Gasteiger charge is -2.35. The second kappa shape index (κ2) is 3.63. The number of nitrogens with two attached hydrogens (primary N) is 1. The van der Waals surface area contributed by atoms with E-state index in [0.717, 1.165) is 25.0 Å². The van der Waals surface area contributed by atoms with Gasteiger partial charge < -0.3 is 10.8 Å². The third kappa shape index (κ3) is 1.76. The Morgan fingerprint density at radius 1 is 1.50 bits per heavy atom. The van der Waals surface area contributed by atoms with Gasteiger partial charge in [-0.3, -0.25) is 0 Å². The van der Waals surface area contributed by atoms with Gasteiger partial charge in [0.1, 0.15) is 5.72 Å². The molecule has 0 saturated heterocycles. The first-order valence-corrected chi connectivity index (χ1v) is 4.99. The van der Waals surface area contributed by atoms with E-state index in [4.69, 9.17) is 5.73 Å². The molecule has 3 N–H and O–H groups in total. The molecule has 0 amide bonds. The van der Waals surface area contributed by atoms with E-state index in [1.54, 1.807) is 6.20 Å². The molecule has 1 aliphatic rings. The van der Waals surface area contributed by atoms with E-state index in [1.165, 1.54) is 0 Å². The molecular weight excluding hydrogens is 178 g/mol. The summed E-state index contributed by atoms with van der Waals surface area (Å²) in [6, 6.07) is 3.70. The molecule has 1 saturated carbocycles. The molecule has 1 aromatic rings. The summed E-state index contributed by atoms with van der Waals surface area (Å²) in [6.45, 7) is 0. The Morgan fingerprint density at radius 3 is 3.00 bits per heavy atom. The van der Waals surface area contributed by atoms with Crippen molar-refractivity contribution in [1.29, 1.82) is 0 Å². The van der Waals surface area contributed by atoms with Gasteiger partial charge in [0.05, 0.1) is 5.69 Å². The molecule has 1 aliphatic carbocycles. The predicted molar refractivity (Wildman–Crippen MR) is 52.4 cm³/mol. The van der Waals surface area contributed by atoms with Gasteiger partial charge in [0.15, 0.2) is 0 Å². The highest BCUT2D eigenvalue weighted by molar-refractivity contribution is 5.12. The predicted octanol–water partition coefficient (Wildman–Crippen LogP) is 0.781. The van der Waals surface area contributed by atoms with Gasteiger partial charge in [-0.1, -0.05) is 6.42 Å². The molecule has 4 nitrogen and oxygen atoms in total. The molecular formula is C10H15N3O. The molecule has 2 unspecified atom stereocenters. The third-order valence-corrected chi connectivity index (χ3v) is 2.87. The lowest BCUT2D eigenvalue weighted by Crippen LogP contribution is -2.47. The van der Waals surface area contributed by atoms with Crippen molar-refractivity contribution in [2.24, 2.45) is 5.73 Å². The number of aliphatic hydroxyl groups is 1. The van der Waals surface area contributed by atoms with Crippen LogP contribution in [-0.2, 0) is 0 Å². The first kappa shape index (κ1) is 9.55. The smallest absolute Gasteiger partial charge is 0.122 e. The minimum atomic E-state index is -1.10. The highest BCUT2D eigenvalue weighted by Gasteiger charge is 2.37. The van der Waals surface area contributed by atoms with Crippen molar-refractivity contribution in [3.63, 3.8) is 0 Å². The van der Waals surface area contributed by atoms with Crippen molar-refractivity contribution in [3.8, 4) is 0 Å². The molecule has 0 aromatic carbocycles. The van der Waals surface area contributed by atoms with Gasteiger partial charge in [-0.05, 0) is 31.4 Å². The third-order valence-electron chi connectivity index (χ3n) is 2.87. The zero-order valence-corrected chi connectivity index (χ0v) is 8.06. The maximum Gasteiger partial charge on any atom is 0.122 e. The molecule has 14 heavy (non-hydrogen) atoms. The molecule has 1 fully saturated rings. The summed E-state index contributed by atoms with van der Waals surface area (Å²) in [7, 11) is 0. The number of hydrogen-bond acceptors (Lipinski definition) is 4. The average molecular weight is 193 g/mol. The largest absolute Gasteiger partial charge is 0.375 e. The van der Waals surface area contributed by atoms with Crippen molar-refractivity contribution < 1.29 is 5.11 Å². The fraction of sp³-hybridized carbons (Fsp3) is 0.600. The summed E-state index contributed by atoms with van der Waals surface area (Å²) < 4.78 is 0. The van der Waals surface area contributed by atoms with E-state index in [2.05, 4.69) is 10.2 Å². The van der Waals surface area contributed by atoms with Gasteiger partial charge in [-0.2, -0.15) is 10.2 Å². The Kier molecular flexibility index (Phi) is 2.48. The van der Waals surface area contributed by atoms with Gasteiger partial charge in [0.2, 0.25) is 0 Å². The zero-order valence-electron chi connectivity index (χ0n) is 8.06. The van der Waals surface area contributed by atoms with E-state index in [9.17, 15) is 5.11 Å². The quantitative estimate of drug-likeness (QED) is 0.646. The van der Waals surface area contributed by atoms with Crippen molar-refractivity contribution in [2.75, 3.05) is 0 Å². The molecule has 0 radical (unpaired) electrons. The van der Waals surface area contributed by atoms with Crippen LogP contribution in [0.4, 0.5) is 0 Å². The van der Waals surface area contributed by atoms with E-state index in [0.29, 0.717) is 6.42 Å². The van der Waals surface area contributed by atoms with Crippen LogP contribution in [0.1, 0.15) is 37.3 Å². The summed E-state index contributed by atoms with van der Waals surface area (Å²) in [5.74, 6) is -0.0649. The number of nitrogens with zero attached hydrogens (tertiary/aromatic N) is 2. The SMILES string of the molecule is NC1(O)CCCCC1c1cccnn1. The maximum absolute atomic E-state index is 10.00. The van der Waals surface area contributed by atoms with Gasteiger partial charge in [0.25, 0.3) is 0 Å². The molecule has 0 spiro atoms. The van der Waals surface area contributed by atoms with Gasteiger partial charge in [-0.25, -0.2) is 0 Å². The summed E-state index contributed by atoms with van der Waals surface area (Å²) in [5, 5.41) is 17.8. The Hall–Kier alpha value is -1.00. The second-order valence-electron chi connectivity index (χ2n) is 3.94. The minimum Gasteiger partial charge on any atom is -0.375 e. The molecule has 0 bridgehead atoms. The van der Waals surface area contributed by atoms with Crippen LogP contribution in [0.5, 0.6) is 0 Å². The number of rotatable bonds is 1. The van der Waals surface area contributed by atoms with Crippen LogP contribution >= 0.6 is 0 Å². The fourth-order valence-electron chi connectivity index (χ4n) is 2.08. The number of hydrogen-bond donors (Lipinski definition) is 2. The first-order chi connectivity index (χ1) is 6.70. The van der Waals surface area contributed by atoms with Crippen LogP contribution in [0.25, 0.3) is 0 Å². The van der Waals surface area contributed by atoms with E-state index >= 15 is 0 Å². The summed E-state index contributed by atoms with van der Waals surface area (Å²) in [5.41, 5.74) is 5.54. The molecule has 4 heteroatoms. The highest BCUT2D eigenvalue weighted by Crippen LogP contribution is 2.36. The molecule has 0 aliphatic heterocycles. The Labute approximate surface area is 83.2 Å².